The molecule has 2 N–H and O–H groups in total. The lowest BCUT2D eigenvalue weighted by Crippen LogP contribution is -2.16. The highest BCUT2D eigenvalue weighted by Crippen LogP contribution is 2.12. The average molecular weight is 334 g/mol. The Morgan fingerprint density at radius 2 is 1.88 bits per heavy atom. The Labute approximate surface area is 148 Å². The predicted molar refractivity (Wildman–Crippen MR) is 98.5 cm³/mol. The Bertz CT molecular complexity index is 746. The van der Waals surface area contributed by atoms with Gasteiger partial charge in [-0.3, -0.25) is 9.78 Å². The lowest BCUT2D eigenvalue weighted by atomic mass is 10.1. The summed E-state index contributed by atoms with van der Waals surface area (Å²) in [6, 6.07) is 13.4. The standard InChI is InChI=1S/C20H22N4O/c1-2-3-4-16-5-7-19(8-6-16)24-20(25)18(13-21)15-23-14-17-9-11-22-12-10-17/h5-12,15,23H,2-4,14H2,1H3,(H,24,25)/b18-15-. The van der Waals surface area contributed by atoms with Crippen LogP contribution in [-0.4, -0.2) is 10.9 Å². The van der Waals surface area contributed by atoms with E-state index in [0.717, 1.165) is 24.8 Å². The number of anilines is 1. The first-order valence-electron chi connectivity index (χ1n) is 8.35. The molecule has 0 atom stereocenters. The second kappa shape index (κ2) is 9.89. The minimum absolute atomic E-state index is 0.0316. The molecule has 25 heavy (non-hydrogen) atoms. The van der Waals surface area contributed by atoms with Crippen LogP contribution in [0.5, 0.6) is 0 Å². The summed E-state index contributed by atoms with van der Waals surface area (Å²) in [6.07, 6.45) is 8.17. The smallest absolute Gasteiger partial charge is 0.267 e. The fourth-order valence-corrected chi connectivity index (χ4v) is 2.25. The van der Waals surface area contributed by atoms with Gasteiger partial charge in [0.25, 0.3) is 5.91 Å². The van der Waals surface area contributed by atoms with E-state index in [2.05, 4.69) is 22.5 Å². The summed E-state index contributed by atoms with van der Waals surface area (Å²) in [7, 11) is 0. The van der Waals surface area contributed by atoms with Crippen molar-refractivity contribution in [1.82, 2.24) is 10.3 Å². The number of carbonyl (C=O) groups excluding carboxylic acids is 1. The number of rotatable bonds is 8. The maximum absolute atomic E-state index is 12.2. The molecule has 0 unspecified atom stereocenters. The minimum Gasteiger partial charge on any atom is -0.386 e. The van der Waals surface area contributed by atoms with Gasteiger partial charge in [0.15, 0.2) is 0 Å². The zero-order valence-electron chi connectivity index (χ0n) is 14.3. The molecule has 0 aliphatic rings. The number of amides is 1. The van der Waals surface area contributed by atoms with Crippen molar-refractivity contribution in [2.75, 3.05) is 5.32 Å². The molecule has 128 valence electrons. The van der Waals surface area contributed by atoms with Crippen LogP contribution in [0.3, 0.4) is 0 Å². The molecule has 0 saturated carbocycles. The van der Waals surface area contributed by atoms with Crippen LogP contribution in [0.1, 0.15) is 30.9 Å². The summed E-state index contributed by atoms with van der Waals surface area (Å²) < 4.78 is 0. The number of hydrogen-bond donors (Lipinski definition) is 2. The zero-order chi connectivity index (χ0) is 17.9. The van der Waals surface area contributed by atoms with Crippen LogP contribution in [0, 0.1) is 11.3 Å². The van der Waals surface area contributed by atoms with E-state index in [0.29, 0.717) is 12.2 Å². The molecule has 1 aromatic heterocycles. The first-order chi connectivity index (χ1) is 12.2. The number of nitrogens with one attached hydrogen (secondary N) is 2. The third-order valence-electron chi connectivity index (χ3n) is 3.70. The van der Waals surface area contributed by atoms with E-state index in [-0.39, 0.29) is 5.57 Å². The number of pyridine rings is 1. The molecule has 0 aliphatic carbocycles. The van der Waals surface area contributed by atoms with Gasteiger partial charge in [0.1, 0.15) is 11.6 Å². The highest BCUT2D eigenvalue weighted by Gasteiger charge is 2.09. The summed E-state index contributed by atoms with van der Waals surface area (Å²) in [5.41, 5.74) is 2.98. The van der Waals surface area contributed by atoms with Crippen LogP contribution in [0.4, 0.5) is 5.69 Å². The maximum Gasteiger partial charge on any atom is 0.267 e. The number of aryl methyl sites for hydroxylation is 1. The highest BCUT2D eigenvalue weighted by atomic mass is 16.1. The van der Waals surface area contributed by atoms with Crippen LogP contribution >= 0.6 is 0 Å². The molecule has 0 aliphatic heterocycles. The third kappa shape index (κ3) is 6.11. The summed E-state index contributed by atoms with van der Waals surface area (Å²) >= 11 is 0. The molecular weight excluding hydrogens is 312 g/mol. The summed E-state index contributed by atoms with van der Waals surface area (Å²) in [6.45, 7) is 2.68. The second-order valence-electron chi connectivity index (χ2n) is 5.66. The number of hydrogen-bond acceptors (Lipinski definition) is 4. The SMILES string of the molecule is CCCCc1ccc(NC(=O)/C(C#N)=C\NCc2ccncc2)cc1. The van der Waals surface area contributed by atoms with Crippen molar-refractivity contribution in [1.29, 1.82) is 5.26 Å². The molecular formula is C20H22N4O. The van der Waals surface area contributed by atoms with Gasteiger partial charge in [0.2, 0.25) is 0 Å². The topological polar surface area (TPSA) is 77.8 Å². The van der Waals surface area contributed by atoms with E-state index < -0.39 is 5.91 Å². The summed E-state index contributed by atoms with van der Waals surface area (Å²) in [4.78, 5) is 16.1. The van der Waals surface area contributed by atoms with Crippen molar-refractivity contribution in [3.8, 4) is 6.07 Å². The molecule has 2 aromatic rings. The number of aromatic nitrogens is 1. The van der Waals surface area contributed by atoms with E-state index in [9.17, 15) is 10.1 Å². The van der Waals surface area contributed by atoms with Crippen molar-refractivity contribution < 1.29 is 4.79 Å². The molecule has 0 fully saturated rings. The number of nitriles is 1. The summed E-state index contributed by atoms with van der Waals surface area (Å²) in [5.74, 6) is -0.425. The number of nitrogens with zero attached hydrogens (tertiary/aromatic N) is 2. The molecule has 0 saturated heterocycles. The van der Waals surface area contributed by atoms with Crippen molar-refractivity contribution in [2.45, 2.75) is 32.7 Å². The maximum atomic E-state index is 12.2. The van der Waals surface area contributed by atoms with Crippen LogP contribution in [0.25, 0.3) is 0 Å². The van der Waals surface area contributed by atoms with Crippen LogP contribution in [0.2, 0.25) is 0 Å². The van der Waals surface area contributed by atoms with Crippen LogP contribution < -0.4 is 10.6 Å². The zero-order valence-corrected chi connectivity index (χ0v) is 14.3. The molecule has 1 heterocycles. The Morgan fingerprint density at radius 3 is 2.52 bits per heavy atom. The monoisotopic (exact) mass is 334 g/mol. The Hall–Kier alpha value is -3.13. The van der Waals surface area contributed by atoms with E-state index in [1.807, 2.05) is 42.5 Å². The van der Waals surface area contributed by atoms with Crippen LogP contribution in [-0.2, 0) is 17.8 Å². The van der Waals surface area contributed by atoms with Gasteiger partial charge in [0.05, 0.1) is 0 Å². The second-order valence-corrected chi connectivity index (χ2v) is 5.66. The first kappa shape index (κ1) is 18.2. The molecule has 2 rings (SSSR count). The Kier molecular flexibility index (Phi) is 7.20. The largest absolute Gasteiger partial charge is 0.386 e. The van der Waals surface area contributed by atoms with Gasteiger partial charge < -0.3 is 10.6 Å². The fourth-order valence-electron chi connectivity index (χ4n) is 2.25. The quantitative estimate of drug-likeness (QED) is 0.571. The molecule has 1 aromatic carbocycles. The van der Waals surface area contributed by atoms with Gasteiger partial charge >= 0.3 is 0 Å². The van der Waals surface area contributed by atoms with Gasteiger partial charge in [-0.05, 0) is 48.2 Å². The molecule has 1 amide bonds. The van der Waals surface area contributed by atoms with Crippen molar-refractivity contribution >= 4 is 11.6 Å². The van der Waals surface area contributed by atoms with Crippen LogP contribution in [0.15, 0.2) is 60.6 Å². The minimum atomic E-state index is -0.425. The van der Waals surface area contributed by atoms with E-state index >= 15 is 0 Å². The number of unbranched alkanes of at least 4 members (excludes halogenated alkanes) is 1. The molecule has 0 bridgehead atoms. The lowest BCUT2D eigenvalue weighted by molar-refractivity contribution is -0.112. The highest BCUT2D eigenvalue weighted by molar-refractivity contribution is 6.06. The van der Waals surface area contributed by atoms with E-state index in [1.54, 1.807) is 12.4 Å². The lowest BCUT2D eigenvalue weighted by Gasteiger charge is -2.06. The Balaban J connectivity index is 1.90. The van der Waals surface area contributed by atoms with Gasteiger partial charge in [-0.1, -0.05) is 25.5 Å². The third-order valence-corrected chi connectivity index (χ3v) is 3.70. The predicted octanol–water partition coefficient (Wildman–Crippen LogP) is 3.56. The Morgan fingerprint density at radius 1 is 1.16 bits per heavy atom. The van der Waals surface area contributed by atoms with Crippen molar-refractivity contribution in [3.63, 3.8) is 0 Å². The molecule has 0 radical (unpaired) electrons. The van der Waals surface area contributed by atoms with Gasteiger partial charge in [-0.25, -0.2) is 0 Å². The average Bonchev–Trinajstić information content (AvgIpc) is 2.65. The van der Waals surface area contributed by atoms with E-state index in [4.69, 9.17) is 0 Å². The number of carbonyl (C=O) groups is 1. The first-order valence-corrected chi connectivity index (χ1v) is 8.35. The van der Waals surface area contributed by atoms with Gasteiger partial charge in [-0.15, -0.1) is 0 Å². The normalized spacial score (nSPS) is 10.8. The molecule has 5 heteroatoms. The van der Waals surface area contributed by atoms with E-state index in [1.165, 1.54) is 11.8 Å². The summed E-state index contributed by atoms with van der Waals surface area (Å²) in [5, 5.41) is 14.9. The molecule has 0 spiro atoms. The number of benzene rings is 1. The van der Waals surface area contributed by atoms with Gasteiger partial charge in [-0.2, -0.15) is 5.26 Å². The van der Waals surface area contributed by atoms with Crippen molar-refractivity contribution in [3.05, 3.63) is 71.7 Å². The fraction of sp³-hybridized carbons (Fsp3) is 0.250. The molecule has 5 nitrogen and oxygen atoms in total. The van der Waals surface area contributed by atoms with Crippen molar-refractivity contribution in [2.24, 2.45) is 0 Å². The van der Waals surface area contributed by atoms with Gasteiger partial charge in [0, 0.05) is 30.8 Å².